The molecule has 2 aromatic heterocycles. The maximum Gasteiger partial charge on any atom is 0.230 e. The van der Waals surface area contributed by atoms with Crippen molar-refractivity contribution in [3.05, 3.63) is 102 Å². The average molecular weight is 444 g/mol. The van der Waals surface area contributed by atoms with Gasteiger partial charge in [0, 0.05) is 22.8 Å². The molecule has 5 aromatic rings. The second kappa shape index (κ2) is 8.64. The van der Waals surface area contributed by atoms with Crippen LogP contribution in [0.4, 0.5) is 10.1 Å². The van der Waals surface area contributed by atoms with Gasteiger partial charge in [-0.05, 0) is 48.5 Å². The number of rotatable bonds is 6. The highest BCUT2D eigenvalue weighted by atomic mass is 32.1. The van der Waals surface area contributed by atoms with Gasteiger partial charge in [-0.25, -0.2) is 9.37 Å². The third kappa shape index (κ3) is 4.24. The lowest BCUT2D eigenvalue weighted by atomic mass is 10.2. The van der Waals surface area contributed by atoms with Crippen LogP contribution in [0, 0.1) is 5.82 Å². The molecular weight excluding hydrogens is 425 g/mol. The Labute approximate surface area is 187 Å². The van der Waals surface area contributed by atoms with E-state index in [0.29, 0.717) is 17.2 Å². The Morgan fingerprint density at radius 2 is 1.75 bits per heavy atom. The van der Waals surface area contributed by atoms with Gasteiger partial charge in [0.1, 0.15) is 11.6 Å². The van der Waals surface area contributed by atoms with E-state index in [2.05, 4.69) is 10.3 Å². The Bertz CT molecular complexity index is 1380. The van der Waals surface area contributed by atoms with Gasteiger partial charge in [-0.15, -0.1) is 11.3 Å². The number of para-hydroxylation sites is 3. The van der Waals surface area contributed by atoms with Gasteiger partial charge in [0.25, 0.3) is 0 Å². The maximum atomic E-state index is 13.2. The van der Waals surface area contributed by atoms with Crippen molar-refractivity contribution in [2.24, 2.45) is 0 Å². The number of nitrogens with one attached hydrogen (secondary N) is 1. The van der Waals surface area contributed by atoms with E-state index in [1.165, 1.54) is 23.5 Å². The maximum absolute atomic E-state index is 13.2. The molecule has 2 heterocycles. The van der Waals surface area contributed by atoms with E-state index in [1.54, 1.807) is 12.1 Å². The number of nitrogens with zero attached hydrogens (tertiary/aromatic N) is 2. The van der Waals surface area contributed by atoms with E-state index < -0.39 is 0 Å². The molecule has 5 nitrogen and oxygen atoms in total. The Hall–Kier alpha value is -3.97. The summed E-state index contributed by atoms with van der Waals surface area (Å²) in [5, 5.41) is 4.86. The Balaban J connectivity index is 1.33. The first-order valence-corrected chi connectivity index (χ1v) is 10.9. The third-order valence-electron chi connectivity index (χ3n) is 4.90. The number of fused-ring (bicyclic) bond motifs is 1. The monoisotopic (exact) mass is 443 g/mol. The number of aromatic nitrogens is 2. The van der Waals surface area contributed by atoms with Crippen LogP contribution in [-0.2, 0) is 11.2 Å². The number of carbonyl (C=O) groups excluding carboxylic acids is 1. The number of amides is 1. The minimum Gasteiger partial charge on any atom is -0.455 e. The zero-order valence-electron chi connectivity index (χ0n) is 16.9. The van der Waals surface area contributed by atoms with Crippen LogP contribution in [0.25, 0.3) is 16.2 Å². The number of hydrogen-bond acceptors (Lipinski definition) is 4. The van der Waals surface area contributed by atoms with Crippen molar-refractivity contribution in [2.45, 2.75) is 6.42 Å². The van der Waals surface area contributed by atoms with Crippen LogP contribution in [0.2, 0.25) is 0 Å². The summed E-state index contributed by atoms with van der Waals surface area (Å²) in [4.78, 5) is 18.2. The number of halogens is 1. The predicted molar refractivity (Wildman–Crippen MR) is 124 cm³/mol. The number of ether oxygens (including phenoxy) is 1. The first-order chi connectivity index (χ1) is 15.7. The highest BCUT2D eigenvalue weighted by Gasteiger charge is 2.14. The van der Waals surface area contributed by atoms with Crippen LogP contribution in [0.1, 0.15) is 5.69 Å². The lowest BCUT2D eigenvalue weighted by Crippen LogP contribution is -2.15. The number of benzene rings is 3. The molecule has 0 aliphatic carbocycles. The molecule has 5 rings (SSSR count). The summed E-state index contributed by atoms with van der Waals surface area (Å²) < 4.78 is 21.0. The van der Waals surface area contributed by atoms with Crippen molar-refractivity contribution < 1.29 is 13.9 Å². The Morgan fingerprint density at radius 1 is 1.00 bits per heavy atom. The van der Waals surface area contributed by atoms with E-state index in [9.17, 15) is 9.18 Å². The fourth-order valence-corrected chi connectivity index (χ4v) is 4.22. The lowest BCUT2D eigenvalue weighted by molar-refractivity contribution is -0.115. The SMILES string of the molecule is O=C(Cc1csc2nc(-c3ccc(F)cc3)cn12)Nc1ccccc1Oc1ccccc1. The van der Waals surface area contributed by atoms with Gasteiger partial charge in [-0.1, -0.05) is 30.3 Å². The van der Waals surface area contributed by atoms with Gasteiger partial charge in [-0.2, -0.15) is 0 Å². The Kier molecular flexibility index (Phi) is 5.39. The molecule has 0 aliphatic rings. The summed E-state index contributed by atoms with van der Waals surface area (Å²) in [6, 6.07) is 23.0. The van der Waals surface area contributed by atoms with Crippen molar-refractivity contribution in [2.75, 3.05) is 5.32 Å². The molecule has 0 atom stereocenters. The highest BCUT2D eigenvalue weighted by molar-refractivity contribution is 7.15. The fraction of sp³-hybridized carbons (Fsp3) is 0.0400. The van der Waals surface area contributed by atoms with Gasteiger partial charge in [-0.3, -0.25) is 9.20 Å². The molecule has 1 amide bonds. The Morgan fingerprint density at radius 3 is 2.56 bits per heavy atom. The molecule has 1 N–H and O–H groups in total. The van der Waals surface area contributed by atoms with Gasteiger partial charge >= 0.3 is 0 Å². The fourth-order valence-electron chi connectivity index (χ4n) is 3.35. The predicted octanol–water partition coefficient (Wildman–Crippen LogP) is 6.18. The topological polar surface area (TPSA) is 55.6 Å². The van der Waals surface area contributed by atoms with Crippen LogP contribution in [0.15, 0.2) is 90.4 Å². The summed E-state index contributed by atoms with van der Waals surface area (Å²) in [5.41, 5.74) is 2.99. The molecule has 158 valence electrons. The zero-order chi connectivity index (χ0) is 21.9. The largest absolute Gasteiger partial charge is 0.455 e. The molecular formula is C25H18FN3O2S. The molecule has 0 radical (unpaired) electrons. The van der Waals surface area contributed by atoms with Crippen molar-refractivity contribution >= 4 is 27.9 Å². The molecule has 7 heteroatoms. The van der Waals surface area contributed by atoms with Crippen LogP contribution in [0.5, 0.6) is 11.5 Å². The second-order valence-electron chi connectivity index (χ2n) is 7.15. The van der Waals surface area contributed by atoms with Crippen LogP contribution in [0.3, 0.4) is 0 Å². The van der Waals surface area contributed by atoms with E-state index in [4.69, 9.17) is 4.74 Å². The van der Waals surface area contributed by atoms with E-state index in [-0.39, 0.29) is 18.1 Å². The number of anilines is 1. The summed E-state index contributed by atoms with van der Waals surface area (Å²) in [7, 11) is 0. The van der Waals surface area contributed by atoms with Crippen LogP contribution < -0.4 is 10.1 Å². The van der Waals surface area contributed by atoms with Crippen LogP contribution in [-0.4, -0.2) is 15.3 Å². The molecule has 0 saturated heterocycles. The standard InChI is InChI=1S/C25H18FN3O2S/c26-18-12-10-17(11-13-18)22-15-29-19(16-32-25(29)28-22)14-24(30)27-21-8-4-5-9-23(21)31-20-6-2-1-3-7-20/h1-13,15-16H,14H2,(H,27,30). The molecule has 0 spiro atoms. The number of carbonyl (C=O) groups is 1. The number of hydrogen-bond donors (Lipinski definition) is 1. The van der Waals surface area contributed by atoms with Crippen molar-refractivity contribution in [3.63, 3.8) is 0 Å². The zero-order valence-corrected chi connectivity index (χ0v) is 17.7. The van der Waals surface area contributed by atoms with Gasteiger partial charge in [0.2, 0.25) is 5.91 Å². The number of thiazole rings is 1. The third-order valence-corrected chi connectivity index (χ3v) is 5.79. The molecule has 0 fully saturated rings. The molecule has 3 aromatic carbocycles. The first kappa shape index (κ1) is 20.0. The van der Waals surface area contributed by atoms with E-state index in [0.717, 1.165) is 21.9 Å². The molecule has 0 unspecified atom stereocenters. The molecule has 0 bridgehead atoms. The molecule has 32 heavy (non-hydrogen) atoms. The number of imidazole rings is 1. The summed E-state index contributed by atoms with van der Waals surface area (Å²) in [6.45, 7) is 0. The van der Waals surface area contributed by atoms with Gasteiger partial charge in [0.15, 0.2) is 10.7 Å². The minimum absolute atomic E-state index is 0.161. The summed E-state index contributed by atoms with van der Waals surface area (Å²) in [6.07, 6.45) is 2.05. The van der Waals surface area contributed by atoms with Gasteiger partial charge in [0.05, 0.1) is 17.8 Å². The highest BCUT2D eigenvalue weighted by Crippen LogP contribution is 2.29. The second-order valence-corrected chi connectivity index (χ2v) is 7.99. The lowest BCUT2D eigenvalue weighted by Gasteiger charge is -2.12. The van der Waals surface area contributed by atoms with Crippen LogP contribution >= 0.6 is 11.3 Å². The van der Waals surface area contributed by atoms with Crippen molar-refractivity contribution in [1.82, 2.24) is 9.38 Å². The average Bonchev–Trinajstić information content (AvgIpc) is 3.38. The summed E-state index contributed by atoms with van der Waals surface area (Å²) in [5.74, 6) is 0.818. The van der Waals surface area contributed by atoms with Crippen molar-refractivity contribution in [1.29, 1.82) is 0 Å². The quantitative estimate of drug-likeness (QED) is 0.341. The molecule has 0 saturated carbocycles. The first-order valence-electron chi connectivity index (χ1n) is 9.99. The smallest absolute Gasteiger partial charge is 0.230 e. The molecule has 0 aliphatic heterocycles. The summed E-state index contributed by atoms with van der Waals surface area (Å²) >= 11 is 1.46. The normalized spacial score (nSPS) is 10.9. The van der Waals surface area contributed by atoms with Gasteiger partial charge < -0.3 is 10.1 Å². The van der Waals surface area contributed by atoms with E-state index in [1.807, 2.05) is 70.6 Å². The minimum atomic E-state index is -0.288. The van der Waals surface area contributed by atoms with Crippen molar-refractivity contribution in [3.8, 4) is 22.8 Å². The van der Waals surface area contributed by atoms with E-state index >= 15 is 0 Å².